The maximum absolute atomic E-state index is 6.28. The molecule has 0 bridgehead atoms. The van der Waals surface area contributed by atoms with E-state index in [1.807, 2.05) is 18.3 Å². The Morgan fingerprint density at radius 3 is 2.83 bits per heavy atom. The molecule has 0 aliphatic carbocycles. The van der Waals surface area contributed by atoms with Gasteiger partial charge in [-0.25, -0.2) is 4.98 Å². The van der Waals surface area contributed by atoms with Crippen molar-refractivity contribution in [2.24, 2.45) is 5.73 Å². The van der Waals surface area contributed by atoms with E-state index in [0.29, 0.717) is 0 Å². The topological polar surface area (TPSA) is 51.4 Å². The molecule has 1 aromatic heterocycles. The van der Waals surface area contributed by atoms with Gasteiger partial charge in [-0.1, -0.05) is 20.3 Å². The van der Waals surface area contributed by atoms with Gasteiger partial charge in [-0.15, -0.1) is 0 Å². The van der Waals surface area contributed by atoms with Gasteiger partial charge in [-0.2, -0.15) is 0 Å². The molecule has 1 fully saturated rings. The number of hydrogen-bond donors (Lipinski definition) is 1. The van der Waals surface area contributed by atoms with Gasteiger partial charge in [0, 0.05) is 19.3 Å². The van der Waals surface area contributed by atoms with Crippen LogP contribution in [0.1, 0.15) is 33.1 Å². The molecule has 2 N–H and O–H groups in total. The highest BCUT2D eigenvalue weighted by molar-refractivity contribution is 5.55. The average Bonchev–Trinajstić information content (AvgIpc) is 2.34. The Balaban J connectivity index is 2.02. The monoisotopic (exact) mass is 249 g/mol. The third kappa shape index (κ3) is 2.75. The van der Waals surface area contributed by atoms with Crippen LogP contribution in [0.5, 0.6) is 5.75 Å². The molecule has 1 aliphatic rings. The Labute approximate surface area is 109 Å². The highest BCUT2D eigenvalue weighted by Gasteiger charge is 2.40. The van der Waals surface area contributed by atoms with Crippen molar-refractivity contribution in [3.05, 3.63) is 18.3 Å². The lowest BCUT2D eigenvalue weighted by molar-refractivity contribution is 0.290. The van der Waals surface area contributed by atoms with Crippen LogP contribution in [0.2, 0.25) is 0 Å². The molecule has 18 heavy (non-hydrogen) atoms. The minimum atomic E-state index is -0.0334. The first-order chi connectivity index (χ1) is 8.68. The van der Waals surface area contributed by atoms with Crippen molar-refractivity contribution in [2.45, 2.75) is 38.6 Å². The van der Waals surface area contributed by atoms with Crippen molar-refractivity contribution in [1.29, 1.82) is 0 Å². The van der Waals surface area contributed by atoms with Crippen LogP contribution in [0.25, 0.3) is 0 Å². The van der Waals surface area contributed by atoms with Crippen LogP contribution in [0, 0.1) is 0 Å². The summed E-state index contributed by atoms with van der Waals surface area (Å²) < 4.78 is 5.73. The van der Waals surface area contributed by atoms with E-state index in [4.69, 9.17) is 10.5 Å². The largest absolute Gasteiger partial charge is 0.490 e. The quantitative estimate of drug-likeness (QED) is 0.839. The minimum Gasteiger partial charge on any atom is -0.490 e. The van der Waals surface area contributed by atoms with Crippen molar-refractivity contribution in [2.75, 3.05) is 24.6 Å². The predicted molar refractivity (Wildman–Crippen MR) is 74.1 cm³/mol. The van der Waals surface area contributed by atoms with Crippen LogP contribution in [0.4, 0.5) is 5.82 Å². The van der Waals surface area contributed by atoms with E-state index < -0.39 is 0 Å². The Bertz CT molecular complexity index is 388. The number of anilines is 1. The van der Waals surface area contributed by atoms with Gasteiger partial charge in [0.25, 0.3) is 0 Å². The van der Waals surface area contributed by atoms with E-state index in [2.05, 4.69) is 23.7 Å². The molecule has 4 nitrogen and oxygen atoms in total. The van der Waals surface area contributed by atoms with Crippen molar-refractivity contribution in [3.63, 3.8) is 0 Å². The second kappa shape index (κ2) is 5.57. The van der Waals surface area contributed by atoms with Crippen molar-refractivity contribution in [3.8, 4) is 5.75 Å². The number of ether oxygens (including phenoxy) is 1. The van der Waals surface area contributed by atoms with Gasteiger partial charge in [0.05, 0.1) is 12.1 Å². The van der Waals surface area contributed by atoms with Crippen LogP contribution in [-0.2, 0) is 0 Å². The summed E-state index contributed by atoms with van der Waals surface area (Å²) in [6, 6.07) is 3.89. The third-order valence-corrected chi connectivity index (χ3v) is 3.27. The van der Waals surface area contributed by atoms with Gasteiger partial charge >= 0.3 is 0 Å². The van der Waals surface area contributed by atoms with Gasteiger partial charge in [0.15, 0.2) is 11.6 Å². The molecular weight excluding hydrogens is 226 g/mol. The number of rotatable bonds is 6. The summed E-state index contributed by atoms with van der Waals surface area (Å²) in [6.07, 6.45) is 5.02. The lowest BCUT2D eigenvalue weighted by atomic mass is 9.86. The number of aromatic nitrogens is 1. The number of hydrogen-bond acceptors (Lipinski definition) is 4. The molecule has 0 radical (unpaired) electrons. The third-order valence-electron chi connectivity index (χ3n) is 3.27. The van der Waals surface area contributed by atoms with Gasteiger partial charge < -0.3 is 15.4 Å². The summed E-state index contributed by atoms with van der Waals surface area (Å²) in [5.41, 5.74) is 6.25. The molecule has 0 atom stereocenters. The Morgan fingerprint density at radius 1 is 1.39 bits per heavy atom. The Hall–Kier alpha value is -1.29. The van der Waals surface area contributed by atoms with E-state index in [0.717, 1.165) is 50.5 Å². The normalized spacial score (nSPS) is 17.4. The van der Waals surface area contributed by atoms with Gasteiger partial charge in [-0.05, 0) is 25.0 Å². The summed E-state index contributed by atoms with van der Waals surface area (Å²) in [7, 11) is 0. The lowest BCUT2D eigenvalue weighted by Gasteiger charge is -2.48. The molecule has 0 amide bonds. The molecule has 1 aliphatic heterocycles. The van der Waals surface area contributed by atoms with Crippen molar-refractivity contribution < 1.29 is 4.74 Å². The molecule has 2 heterocycles. The predicted octanol–water partition coefficient (Wildman–Crippen LogP) is 2.19. The lowest BCUT2D eigenvalue weighted by Crippen LogP contribution is -2.67. The molecule has 1 aromatic rings. The highest BCUT2D eigenvalue weighted by atomic mass is 16.5. The molecule has 100 valence electrons. The van der Waals surface area contributed by atoms with Crippen LogP contribution in [0.15, 0.2) is 18.3 Å². The van der Waals surface area contributed by atoms with Gasteiger partial charge in [-0.3, -0.25) is 0 Å². The maximum atomic E-state index is 6.28. The second-order valence-corrected chi connectivity index (χ2v) is 5.14. The Morgan fingerprint density at radius 2 is 2.17 bits per heavy atom. The zero-order chi connectivity index (χ0) is 13.0. The van der Waals surface area contributed by atoms with E-state index >= 15 is 0 Å². The fourth-order valence-electron chi connectivity index (χ4n) is 2.46. The molecule has 0 spiro atoms. The fourth-order valence-corrected chi connectivity index (χ4v) is 2.46. The first kappa shape index (κ1) is 13.1. The van der Waals surface area contributed by atoms with E-state index in [-0.39, 0.29) is 5.54 Å². The summed E-state index contributed by atoms with van der Waals surface area (Å²) in [4.78, 5) is 6.63. The fraction of sp³-hybridized carbons (Fsp3) is 0.643. The number of nitrogens with two attached hydrogens (primary N) is 1. The van der Waals surface area contributed by atoms with E-state index in [9.17, 15) is 0 Å². The minimum absolute atomic E-state index is 0.0334. The standard InChI is InChI=1S/C14H23N3O/c1-3-7-14(15)10-17(11-14)13-12(18-9-4-2)6-5-8-16-13/h5-6,8H,3-4,7,9-11,15H2,1-2H3. The van der Waals surface area contributed by atoms with Crippen LogP contribution < -0.4 is 15.4 Å². The number of nitrogens with zero attached hydrogens (tertiary/aromatic N) is 2. The van der Waals surface area contributed by atoms with Gasteiger partial charge in [0.2, 0.25) is 0 Å². The molecule has 1 saturated heterocycles. The molecule has 0 saturated carbocycles. The zero-order valence-corrected chi connectivity index (χ0v) is 11.4. The summed E-state index contributed by atoms with van der Waals surface area (Å²) in [6.45, 7) is 6.76. The first-order valence-corrected chi connectivity index (χ1v) is 6.80. The summed E-state index contributed by atoms with van der Waals surface area (Å²) in [5.74, 6) is 1.81. The number of pyridine rings is 1. The molecule has 4 heteroatoms. The highest BCUT2D eigenvalue weighted by Crippen LogP contribution is 2.33. The van der Waals surface area contributed by atoms with Gasteiger partial charge in [0.1, 0.15) is 0 Å². The second-order valence-electron chi connectivity index (χ2n) is 5.14. The molecule has 2 rings (SSSR count). The summed E-state index contributed by atoms with van der Waals surface area (Å²) >= 11 is 0. The first-order valence-electron chi connectivity index (χ1n) is 6.80. The van der Waals surface area contributed by atoms with Crippen molar-refractivity contribution >= 4 is 5.82 Å². The summed E-state index contributed by atoms with van der Waals surface area (Å²) in [5, 5.41) is 0. The van der Waals surface area contributed by atoms with E-state index in [1.54, 1.807) is 0 Å². The average molecular weight is 249 g/mol. The Kier molecular flexibility index (Phi) is 4.07. The molecule has 0 aromatic carbocycles. The zero-order valence-electron chi connectivity index (χ0n) is 11.4. The van der Waals surface area contributed by atoms with Crippen LogP contribution >= 0.6 is 0 Å². The van der Waals surface area contributed by atoms with Crippen molar-refractivity contribution in [1.82, 2.24) is 4.98 Å². The van der Waals surface area contributed by atoms with Crippen LogP contribution in [0.3, 0.4) is 0 Å². The molecule has 0 unspecified atom stereocenters. The van der Waals surface area contributed by atoms with Crippen LogP contribution in [-0.4, -0.2) is 30.2 Å². The smallest absolute Gasteiger partial charge is 0.171 e. The molecular formula is C14H23N3O. The maximum Gasteiger partial charge on any atom is 0.171 e. The van der Waals surface area contributed by atoms with E-state index in [1.165, 1.54) is 0 Å². The SMILES string of the molecule is CCCOc1cccnc1N1CC(N)(CCC)C1.